The number of ether oxygens (including phenoxy) is 3. The molecule has 0 N–H and O–H groups in total. The van der Waals surface area contributed by atoms with E-state index in [1.807, 2.05) is 24.3 Å². The zero-order valence-electron chi connectivity index (χ0n) is 18.6. The molecule has 0 bridgehead atoms. The van der Waals surface area contributed by atoms with Gasteiger partial charge in [0.2, 0.25) is 5.72 Å². The SMILES string of the molecule is CCCN1CCC2(CC1)Oc1c(OC)cccc1[C@@H]1CC(c3ccc(OC)cc3)=NN12. The van der Waals surface area contributed by atoms with Gasteiger partial charge in [0.15, 0.2) is 11.5 Å². The third-order valence-corrected chi connectivity index (χ3v) is 6.81. The van der Waals surface area contributed by atoms with Gasteiger partial charge in [0.05, 0.1) is 26.0 Å². The highest BCUT2D eigenvalue weighted by molar-refractivity contribution is 6.02. The molecule has 6 nitrogen and oxygen atoms in total. The fourth-order valence-electron chi connectivity index (χ4n) is 5.16. The van der Waals surface area contributed by atoms with Gasteiger partial charge >= 0.3 is 0 Å². The Morgan fingerprint density at radius 2 is 1.84 bits per heavy atom. The minimum Gasteiger partial charge on any atom is -0.497 e. The summed E-state index contributed by atoms with van der Waals surface area (Å²) in [6.45, 7) is 5.42. The Hall–Kier alpha value is -2.73. The van der Waals surface area contributed by atoms with E-state index in [0.29, 0.717) is 0 Å². The number of hydrogen-bond acceptors (Lipinski definition) is 6. The average Bonchev–Trinajstić information content (AvgIpc) is 3.27. The smallest absolute Gasteiger partial charge is 0.200 e. The number of benzene rings is 2. The summed E-state index contributed by atoms with van der Waals surface area (Å²) >= 11 is 0. The number of fused-ring (bicyclic) bond motifs is 4. The summed E-state index contributed by atoms with van der Waals surface area (Å²) in [5.41, 5.74) is 2.97. The number of methoxy groups -OCH3 is 2. The molecule has 2 aromatic rings. The van der Waals surface area contributed by atoms with E-state index in [1.54, 1.807) is 14.2 Å². The highest BCUT2D eigenvalue weighted by atomic mass is 16.5. The van der Waals surface area contributed by atoms with Crippen LogP contribution in [0.1, 0.15) is 49.8 Å². The first kappa shape index (κ1) is 20.2. The third kappa shape index (κ3) is 3.43. The summed E-state index contributed by atoms with van der Waals surface area (Å²) in [7, 11) is 3.41. The van der Waals surface area contributed by atoms with Crippen molar-refractivity contribution in [1.29, 1.82) is 0 Å². The molecule has 0 unspecified atom stereocenters. The number of para-hydroxylation sites is 1. The van der Waals surface area contributed by atoms with Gasteiger partial charge in [-0.15, -0.1) is 0 Å². The van der Waals surface area contributed by atoms with Crippen LogP contribution in [0.25, 0.3) is 0 Å². The van der Waals surface area contributed by atoms with E-state index < -0.39 is 5.72 Å². The lowest BCUT2D eigenvalue weighted by molar-refractivity contribution is -0.150. The highest BCUT2D eigenvalue weighted by Gasteiger charge is 2.52. The van der Waals surface area contributed by atoms with Crippen LogP contribution in [-0.2, 0) is 0 Å². The predicted octanol–water partition coefficient (Wildman–Crippen LogP) is 4.45. The molecule has 1 fully saturated rings. The molecule has 3 aliphatic rings. The Morgan fingerprint density at radius 1 is 1.06 bits per heavy atom. The number of hydrogen-bond donors (Lipinski definition) is 0. The summed E-state index contributed by atoms with van der Waals surface area (Å²) < 4.78 is 17.8. The van der Waals surface area contributed by atoms with Gasteiger partial charge in [-0.2, -0.15) is 5.10 Å². The van der Waals surface area contributed by atoms with Crippen molar-refractivity contribution in [2.45, 2.75) is 44.4 Å². The second kappa shape index (κ2) is 8.08. The molecule has 1 atom stereocenters. The van der Waals surface area contributed by atoms with E-state index in [0.717, 1.165) is 73.0 Å². The Kier molecular flexibility index (Phi) is 5.26. The molecule has 1 spiro atoms. The van der Waals surface area contributed by atoms with Gasteiger partial charge in [0.25, 0.3) is 0 Å². The third-order valence-electron chi connectivity index (χ3n) is 6.81. The quantitative estimate of drug-likeness (QED) is 0.714. The van der Waals surface area contributed by atoms with Crippen molar-refractivity contribution in [1.82, 2.24) is 9.91 Å². The lowest BCUT2D eigenvalue weighted by atomic mass is 9.90. The molecule has 0 aromatic heterocycles. The topological polar surface area (TPSA) is 46.5 Å². The lowest BCUT2D eigenvalue weighted by Gasteiger charge is -2.51. The molecule has 1 saturated heterocycles. The molecule has 3 heterocycles. The normalized spacial score (nSPS) is 21.8. The Morgan fingerprint density at radius 3 is 2.52 bits per heavy atom. The molecule has 31 heavy (non-hydrogen) atoms. The molecule has 0 saturated carbocycles. The first-order chi connectivity index (χ1) is 15.2. The second-order valence-electron chi connectivity index (χ2n) is 8.61. The van der Waals surface area contributed by atoms with E-state index in [1.165, 1.54) is 6.42 Å². The van der Waals surface area contributed by atoms with Crippen LogP contribution in [0.15, 0.2) is 47.6 Å². The van der Waals surface area contributed by atoms with E-state index >= 15 is 0 Å². The first-order valence-corrected chi connectivity index (χ1v) is 11.3. The highest BCUT2D eigenvalue weighted by Crippen LogP contribution is 2.52. The van der Waals surface area contributed by atoms with Crippen molar-refractivity contribution in [3.05, 3.63) is 53.6 Å². The largest absolute Gasteiger partial charge is 0.497 e. The van der Waals surface area contributed by atoms with Crippen LogP contribution in [0.3, 0.4) is 0 Å². The van der Waals surface area contributed by atoms with Gasteiger partial charge in [-0.1, -0.05) is 19.1 Å². The molecule has 0 amide bonds. The zero-order valence-corrected chi connectivity index (χ0v) is 18.6. The minimum atomic E-state index is -0.426. The van der Waals surface area contributed by atoms with Crippen molar-refractivity contribution in [3.63, 3.8) is 0 Å². The Balaban J connectivity index is 1.53. The van der Waals surface area contributed by atoms with Crippen LogP contribution in [-0.4, -0.2) is 55.2 Å². The zero-order chi connectivity index (χ0) is 21.4. The number of rotatable bonds is 5. The van der Waals surface area contributed by atoms with Crippen molar-refractivity contribution in [2.75, 3.05) is 33.9 Å². The molecule has 3 aliphatic heterocycles. The number of likely N-dealkylation sites (tertiary alicyclic amines) is 1. The van der Waals surface area contributed by atoms with E-state index in [2.05, 4.69) is 35.0 Å². The Bertz CT molecular complexity index is 964. The van der Waals surface area contributed by atoms with E-state index in [4.69, 9.17) is 19.3 Å². The summed E-state index contributed by atoms with van der Waals surface area (Å²) in [6.07, 6.45) is 3.90. The first-order valence-electron chi connectivity index (χ1n) is 11.3. The van der Waals surface area contributed by atoms with Gasteiger partial charge in [0, 0.05) is 37.9 Å². The predicted molar refractivity (Wildman–Crippen MR) is 121 cm³/mol. The van der Waals surface area contributed by atoms with Crippen molar-refractivity contribution in [2.24, 2.45) is 5.10 Å². The average molecular weight is 422 g/mol. The van der Waals surface area contributed by atoms with Gasteiger partial charge in [-0.25, -0.2) is 5.01 Å². The van der Waals surface area contributed by atoms with Gasteiger partial charge < -0.3 is 19.1 Å². The molecule has 0 radical (unpaired) electrons. The maximum atomic E-state index is 6.79. The lowest BCUT2D eigenvalue weighted by Crippen LogP contribution is -2.59. The minimum absolute atomic E-state index is 0.161. The van der Waals surface area contributed by atoms with Gasteiger partial charge in [0.1, 0.15) is 5.75 Å². The standard InChI is InChI=1S/C25H31N3O3/c1-4-14-27-15-12-25(13-16-27)28-22(20-6-5-7-23(30-3)24(20)31-25)17-21(26-28)18-8-10-19(29-2)11-9-18/h5-11,22H,4,12-17H2,1-3H3/t22-/m0/s1. The van der Waals surface area contributed by atoms with E-state index in [-0.39, 0.29) is 6.04 Å². The summed E-state index contributed by atoms with van der Waals surface area (Å²) in [5, 5.41) is 7.42. The number of nitrogens with zero attached hydrogens (tertiary/aromatic N) is 3. The van der Waals surface area contributed by atoms with Crippen LogP contribution in [0.4, 0.5) is 0 Å². The van der Waals surface area contributed by atoms with Crippen LogP contribution in [0.2, 0.25) is 0 Å². The number of piperidine rings is 1. The molecule has 6 heteroatoms. The van der Waals surface area contributed by atoms with Crippen LogP contribution in [0, 0.1) is 0 Å². The summed E-state index contributed by atoms with van der Waals surface area (Å²) in [4.78, 5) is 2.53. The fraction of sp³-hybridized carbons (Fsp3) is 0.480. The Labute approximate surface area is 184 Å². The molecule has 2 aromatic carbocycles. The number of hydrazone groups is 1. The van der Waals surface area contributed by atoms with Crippen molar-refractivity contribution < 1.29 is 14.2 Å². The second-order valence-corrected chi connectivity index (χ2v) is 8.61. The van der Waals surface area contributed by atoms with E-state index in [9.17, 15) is 0 Å². The summed E-state index contributed by atoms with van der Waals surface area (Å²) in [6, 6.07) is 14.6. The molecule has 5 rings (SSSR count). The van der Waals surface area contributed by atoms with Crippen molar-refractivity contribution >= 4 is 5.71 Å². The van der Waals surface area contributed by atoms with Crippen molar-refractivity contribution in [3.8, 4) is 17.2 Å². The van der Waals surface area contributed by atoms with Crippen LogP contribution in [0.5, 0.6) is 17.2 Å². The maximum absolute atomic E-state index is 6.79. The van der Waals surface area contributed by atoms with Gasteiger partial charge in [-0.3, -0.25) is 0 Å². The summed E-state index contributed by atoms with van der Waals surface area (Å²) in [5.74, 6) is 2.56. The molecular formula is C25H31N3O3. The van der Waals surface area contributed by atoms with Crippen LogP contribution < -0.4 is 14.2 Å². The molecular weight excluding hydrogens is 390 g/mol. The molecule has 164 valence electrons. The van der Waals surface area contributed by atoms with Crippen LogP contribution >= 0.6 is 0 Å². The fourth-order valence-corrected chi connectivity index (χ4v) is 5.16. The maximum Gasteiger partial charge on any atom is 0.200 e. The van der Waals surface area contributed by atoms with Gasteiger partial charge in [-0.05, 0) is 48.9 Å². The molecule has 0 aliphatic carbocycles. The monoisotopic (exact) mass is 421 g/mol.